The van der Waals surface area contributed by atoms with Crippen LogP contribution in [-0.4, -0.2) is 16.1 Å². The Labute approximate surface area is 128 Å². The molecule has 0 spiro atoms. The highest BCUT2D eigenvalue weighted by Gasteiger charge is 2.15. The minimum Gasteiger partial charge on any atom is -0.320 e. The number of H-pyrrole nitrogens is 1. The highest BCUT2D eigenvalue weighted by molar-refractivity contribution is 9.10. The number of aromatic amines is 1. The number of hydrogen-bond acceptors (Lipinski definition) is 3. The molecule has 0 aliphatic carbocycles. The van der Waals surface area contributed by atoms with Gasteiger partial charge in [0, 0.05) is 15.5 Å². The van der Waals surface area contributed by atoms with E-state index in [0.29, 0.717) is 16.6 Å². The van der Waals surface area contributed by atoms with Crippen molar-refractivity contribution in [3.63, 3.8) is 0 Å². The first-order chi connectivity index (χ1) is 10.1. The Morgan fingerprint density at radius 3 is 2.76 bits per heavy atom. The molecule has 21 heavy (non-hydrogen) atoms. The van der Waals surface area contributed by atoms with Crippen LogP contribution in [0, 0.1) is 0 Å². The lowest BCUT2D eigenvalue weighted by atomic mass is 10.2. The van der Waals surface area contributed by atoms with Gasteiger partial charge in [-0.05, 0) is 30.3 Å². The van der Waals surface area contributed by atoms with Gasteiger partial charge in [0.15, 0.2) is 5.69 Å². The molecule has 2 aromatic carbocycles. The maximum atomic E-state index is 12.3. The molecular weight excluding hydrogens is 334 g/mol. The molecule has 6 heteroatoms. The molecule has 0 fully saturated rings. The van der Waals surface area contributed by atoms with Crippen molar-refractivity contribution in [2.24, 2.45) is 0 Å². The topological polar surface area (TPSA) is 74.8 Å². The smallest absolute Gasteiger partial charge is 0.280 e. The second kappa shape index (κ2) is 5.49. The molecule has 0 bridgehead atoms. The lowest BCUT2D eigenvalue weighted by molar-refractivity contribution is 0.102. The number of para-hydroxylation sites is 1. The summed E-state index contributed by atoms with van der Waals surface area (Å²) in [5.41, 5.74) is 0.635. The van der Waals surface area contributed by atoms with Crippen LogP contribution in [-0.2, 0) is 0 Å². The minimum atomic E-state index is -0.542. The number of hydrogen-bond donors (Lipinski definition) is 2. The van der Waals surface area contributed by atoms with Gasteiger partial charge in [0.25, 0.3) is 5.91 Å². The van der Waals surface area contributed by atoms with Crippen LogP contribution in [0.1, 0.15) is 10.5 Å². The molecule has 104 valence electrons. The lowest BCUT2D eigenvalue weighted by Crippen LogP contribution is -2.24. The van der Waals surface area contributed by atoms with Crippen LogP contribution in [0.5, 0.6) is 0 Å². The van der Waals surface area contributed by atoms with Gasteiger partial charge in [-0.3, -0.25) is 14.7 Å². The first-order valence-corrected chi connectivity index (χ1v) is 6.99. The summed E-state index contributed by atoms with van der Waals surface area (Å²) in [4.78, 5) is 24.5. The van der Waals surface area contributed by atoms with E-state index in [-0.39, 0.29) is 5.69 Å². The number of carbonyl (C=O) groups excluding carboxylic acids is 1. The van der Waals surface area contributed by atoms with Gasteiger partial charge in [0.2, 0.25) is 5.43 Å². The summed E-state index contributed by atoms with van der Waals surface area (Å²) in [5, 5.41) is 9.67. The predicted octanol–water partition coefficient (Wildman–Crippen LogP) is 2.94. The van der Waals surface area contributed by atoms with E-state index in [4.69, 9.17) is 0 Å². The Balaban J connectivity index is 1.99. The predicted molar refractivity (Wildman–Crippen MR) is 84.5 cm³/mol. The Morgan fingerprint density at radius 2 is 1.95 bits per heavy atom. The van der Waals surface area contributed by atoms with Gasteiger partial charge in [0.1, 0.15) is 0 Å². The molecule has 2 N–H and O–H groups in total. The summed E-state index contributed by atoms with van der Waals surface area (Å²) < 4.78 is 0.834. The summed E-state index contributed by atoms with van der Waals surface area (Å²) >= 11 is 3.32. The van der Waals surface area contributed by atoms with E-state index in [1.54, 1.807) is 42.5 Å². The molecular formula is C15H10BrN3O2. The molecule has 0 saturated heterocycles. The molecule has 0 aliphatic rings. The van der Waals surface area contributed by atoms with Crippen LogP contribution in [0.3, 0.4) is 0 Å². The second-order valence-corrected chi connectivity index (χ2v) is 5.33. The van der Waals surface area contributed by atoms with Gasteiger partial charge in [-0.25, -0.2) is 0 Å². The molecule has 1 amide bonds. The summed E-state index contributed by atoms with van der Waals surface area (Å²) in [7, 11) is 0. The Hall–Kier alpha value is -2.47. The number of amides is 1. The molecule has 5 nitrogen and oxygen atoms in total. The number of rotatable bonds is 2. The standard InChI is InChI=1S/C15H10BrN3O2/c16-9-4-3-5-10(8-9)17-15(21)13-14(20)11-6-1-2-7-12(11)18-19-13/h1-8H,(H,17,21)(H,18,20). The number of aromatic nitrogens is 2. The van der Waals surface area contributed by atoms with Crippen LogP contribution in [0.4, 0.5) is 5.69 Å². The number of anilines is 1. The van der Waals surface area contributed by atoms with Gasteiger partial charge >= 0.3 is 0 Å². The Kier molecular flexibility index (Phi) is 3.53. The van der Waals surface area contributed by atoms with Crippen LogP contribution in [0.15, 0.2) is 57.8 Å². The molecule has 1 aromatic heterocycles. The monoisotopic (exact) mass is 343 g/mol. The van der Waals surface area contributed by atoms with E-state index in [9.17, 15) is 9.59 Å². The fourth-order valence-corrected chi connectivity index (χ4v) is 2.38. The van der Waals surface area contributed by atoms with Crippen LogP contribution < -0.4 is 10.7 Å². The number of halogens is 1. The first-order valence-electron chi connectivity index (χ1n) is 6.19. The SMILES string of the molecule is O=C(Nc1cccc(Br)c1)c1n[nH]c2ccccc2c1=O. The number of benzene rings is 2. The Morgan fingerprint density at radius 1 is 1.14 bits per heavy atom. The molecule has 0 aliphatic heterocycles. The summed E-state index contributed by atoms with van der Waals surface area (Å²) in [5.74, 6) is -0.542. The van der Waals surface area contributed by atoms with E-state index in [1.165, 1.54) is 0 Å². The second-order valence-electron chi connectivity index (χ2n) is 4.41. The summed E-state index contributed by atoms with van der Waals surface area (Å²) in [6, 6.07) is 14.0. The molecule has 1 heterocycles. The molecule has 0 atom stereocenters. The average Bonchev–Trinajstić information content (AvgIpc) is 2.48. The van der Waals surface area contributed by atoms with Crippen LogP contribution >= 0.6 is 15.9 Å². The van der Waals surface area contributed by atoms with Crippen molar-refractivity contribution in [3.05, 3.63) is 68.9 Å². The fourth-order valence-electron chi connectivity index (χ4n) is 1.98. The quantitative estimate of drug-likeness (QED) is 0.751. The molecule has 3 rings (SSSR count). The van der Waals surface area contributed by atoms with Crippen LogP contribution in [0.25, 0.3) is 10.9 Å². The van der Waals surface area contributed by atoms with Gasteiger partial charge < -0.3 is 5.32 Å². The normalized spacial score (nSPS) is 10.5. The first kappa shape index (κ1) is 13.5. The zero-order chi connectivity index (χ0) is 14.8. The zero-order valence-corrected chi connectivity index (χ0v) is 12.3. The summed E-state index contributed by atoms with van der Waals surface area (Å²) in [6.45, 7) is 0. The van der Waals surface area contributed by atoms with Gasteiger partial charge in [-0.2, -0.15) is 5.10 Å². The Bertz CT molecular complexity index is 889. The molecule has 0 unspecified atom stereocenters. The van der Waals surface area contributed by atoms with Gasteiger partial charge in [-0.15, -0.1) is 0 Å². The van der Waals surface area contributed by atoms with Crippen molar-refractivity contribution in [2.45, 2.75) is 0 Å². The third kappa shape index (κ3) is 2.71. The van der Waals surface area contributed by atoms with Crippen molar-refractivity contribution in [1.82, 2.24) is 10.2 Å². The third-order valence-corrected chi connectivity index (χ3v) is 3.47. The van der Waals surface area contributed by atoms with E-state index in [0.717, 1.165) is 4.47 Å². The third-order valence-electron chi connectivity index (χ3n) is 2.97. The van der Waals surface area contributed by atoms with Crippen LogP contribution in [0.2, 0.25) is 0 Å². The highest BCUT2D eigenvalue weighted by Crippen LogP contribution is 2.16. The number of carbonyl (C=O) groups is 1. The van der Waals surface area contributed by atoms with Gasteiger partial charge in [-0.1, -0.05) is 34.1 Å². The largest absolute Gasteiger partial charge is 0.320 e. The lowest BCUT2D eigenvalue weighted by Gasteiger charge is -2.05. The van der Waals surface area contributed by atoms with Gasteiger partial charge in [0.05, 0.1) is 5.52 Å². The fraction of sp³-hybridized carbons (Fsp3) is 0. The number of nitrogens with one attached hydrogen (secondary N) is 2. The van der Waals surface area contributed by atoms with E-state index in [2.05, 4.69) is 31.4 Å². The van der Waals surface area contributed by atoms with Crippen molar-refractivity contribution in [1.29, 1.82) is 0 Å². The number of fused-ring (bicyclic) bond motifs is 1. The van der Waals surface area contributed by atoms with Crippen molar-refractivity contribution in [2.75, 3.05) is 5.32 Å². The molecule has 3 aromatic rings. The van der Waals surface area contributed by atoms with E-state index >= 15 is 0 Å². The van der Waals surface area contributed by atoms with Crippen molar-refractivity contribution in [3.8, 4) is 0 Å². The maximum Gasteiger partial charge on any atom is 0.280 e. The maximum absolute atomic E-state index is 12.3. The summed E-state index contributed by atoms with van der Waals surface area (Å²) in [6.07, 6.45) is 0. The van der Waals surface area contributed by atoms with E-state index < -0.39 is 11.3 Å². The highest BCUT2D eigenvalue weighted by atomic mass is 79.9. The van der Waals surface area contributed by atoms with E-state index in [1.807, 2.05) is 6.07 Å². The average molecular weight is 344 g/mol. The van der Waals surface area contributed by atoms with Crippen molar-refractivity contribution < 1.29 is 4.79 Å². The zero-order valence-electron chi connectivity index (χ0n) is 10.8. The molecule has 0 saturated carbocycles. The molecule has 0 radical (unpaired) electrons. The van der Waals surface area contributed by atoms with Crippen molar-refractivity contribution >= 4 is 38.4 Å². The minimum absolute atomic E-state index is 0.159. The number of nitrogens with zero attached hydrogens (tertiary/aromatic N) is 1.